The maximum Gasteiger partial charge on any atom is 0.324 e. The van der Waals surface area contributed by atoms with Crippen LogP contribution in [-0.4, -0.2) is 38.3 Å². The van der Waals surface area contributed by atoms with Crippen LogP contribution in [0.5, 0.6) is 0 Å². The van der Waals surface area contributed by atoms with Crippen molar-refractivity contribution in [1.82, 2.24) is 15.1 Å². The Hall–Kier alpha value is -1.43. The van der Waals surface area contributed by atoms with Crippen molar-refractivity contribution in [3.8, 4) is 0 Å². The molecular weight excluding hydrogens is 234 g/mol. The third kappa shape index (κ3) is 2.25. The third-order valence-electron chi connectivity index (χ3n) is 3.58. The van der Waals surface area contributed by atoms with Gasteiger partial charge in [-0.05, 0) is 25.8 Å². The number of carboxylic acid groups (broad SMARTS) is 1. The lowest BCUT2D eigenvalue weighted by atomic mass is 9.90. The first-order valence-electron chi connectivity index (χ1n) is 6.36. The molecule has 6 nitrogen and oxygen atoms in total. The minimum Gasteiger partial charge on any atom is -0.480 e. The van der Waals surface area contributed by atoms with Gasteiger partial charge in [0.15, 0.2) is 0 Å². The van der Waals surface area contributed by atoms with Gasteiger partial charge < -0.3 is 9.52 Å². The van der Waals surface area contributed by atoms with E-state index >= 15 is 0 Å². The van der Waals surface area contributed by atoms with E-state index in [-0.39, 0.29) is 0 Å². The van der Waals surface area contributed by atoms with Crippen LogP contribution in [0.15, 0.2) is 4.42 Å². The molecule has 6 heteroatoms. The fourth-order valence-corrected chi connectivity index (χ4v) is 2.78. The molecule has 2 heterocycles. The molecule has 1 N–H and O–H groups in total. The van der Waals surface area contributed by atoms with E-state index in [0.717, 1.165) is 19.4 Å². The third-order valence-corrected chi connectivity index (χ3v) is 3.58. The number of hydrogen-bond donors (Lipinski definition) is 1. The van der Waals surface area contributed by atoms with E-state index in [9.17, 15) is 9.90 Å². The smallest absolute Gasteiger partial charge is 0.324 e. The van der Waals surface area contributed by atoms with Crippen LogP contribution < -0.4 is 0 Å². The van der Waals surface area contributed by atoms with Gasteiger partial charge in [0.05, 0.1) is 6.54 Å². The molecule has 2 rings (SSSR count). The Morgan fingerprint density at radius 2 is 2.33 bits per heavy atom. The molecule has 0 bridgehead atoms. The van der Waals surface area contributed by atoms with Crippen molar-refractivity contribution in [2.75, 3.05) is 6.54 Å². The Bertz CT molecular complexity index is 432. The van der Waals surface area contributed by atoms with E-state index in [2.05, 4.69) is 10.2 Å². The molecular formula is C12H19N3O3. The molecule has 100 valence electrons. The van der Waals surface area contributed by atoms with Crippen LogP contribution in [0.3, 0.4) is 0 Å². The maximum absolute atomic E-state index is 11.6. The van der Waals surface area contributed by atoms with Crippen molar-refractivity contribution >= 4 is 5.97 Å². The summed E-state index contributed by atoms with van der Waals surface area (Å²) in [6.45, 7) is 4.94. The predicted molar refractivity (Wildman–Crippen MR) is 64.0 cm³/mol. The van der Waals surface area contributed by atoms with Crippen LogP contribution in [0.25, 0.3) is 0 Å². The summed E-state index contributed by atoms with van der Waals surface area (Å²) in [4.78, 5) is 13.6. The molecule has 1 atom stereocenters. The van der Waals surface area contributed by atoms with Gasteiger partial charge in [-0.2, -0.15) is 0 Å². The lowest BCUT2D eigenvalue weighted by Crippen LogP contribution is -2.50. The van der Waals surface area contributed by atoms with E-state index in [1.54, 1.807) is 6.92 Å². The summed E-state index contributed by atoms with van der Waals surface area (Å²) in [6.07, 6.45) is 3.11. The first-order valence-corrected chi connectivity index (χ1v) is 6.36. The summed E-state index contributed by atoms with van der Waals surface area (Å²) >= 11 is 0. The van der Waals surface area contributed by atoms with Gasteiger partial charge in [0.25, 0.3) is 0 Å². The Morgan fingerprint density at radius 3 is 2.89 bits per heavy atom. The largest absolute Gasteiger partial charge is 0.480 e. The number of likely N-dealkylation sites (tertiary alicyclic amines) is 1. The summed E-state index contributed by atoms with van der Waals surface area (Å²) in [5, 5.41) is 17.3. The zero-order chi connectivity index (χ0) is 13.2. The first-order chi connectivity index (χ1) is 8.58. The molecule has 0 aromatic carbocycles. The van der Waals surface area contributed by atoms with E-state index in [0.29, 0.717) is 31.2 Å². The molecule has 18 heavy (non-hydrogen) atoms. The van der Waals surface area contributed by atoms with Gasteiger partial charge >= 0.3 is 5.97 Å². The number of nitrogens with zero attached hydrogens (tertiary/aromatic N) is 3. The molecule has 1 aliphatic heterocycles. The van der Waals surface area contributed by atoms with Crippen molar-refractivity contribution in [1.29, 1.82) is 0 Å². The van der Waals surface area contributed by atoms with E-state index < -0.39 is 11.5 Å². The van der Waals surface area contributed by atoms with Crippen LogP contribution in [-0.2, 0) is 11.3 Å². The molecule has 1 aliphatic rings. The highest BCUT2D eigenvalue weighted by Gasteiger charge is 2.47. The van der Waals surface area contributed by atoms with Gasteiger partial charge in [0.2, 0.25) is 11.8 Å². The molecule has 1 saturated heterocycles. The number of aryl methyl sites for hydroxylation is 1. The van der Waals surface area contributed by atoms with Crippen LogP contribution in [0, 0.1) is 6.92 Å². The molecule has 0 spiro atoms. The Balaban J connectivity index is 2.17. The summed E-state index contributed by atoms with van der Waals surface area (Å²) in [5.41, 5.74) is -0.753. The van der Waals surface area contributed by atoms with Gasteiger partial charge in [-0.3, -0.25) is 9.69 Å². The Morgan fingerprint density at radius 1 is 1.56 bits per heavy atom. The van der Waals surface area contributed by atoms with Crippen LogP contribution in [0.1, 0.15) is 44.4 Å². The number of aliphatic carboxylic acids is 1. The van der Waals surface area contributed by atoms with Crippen molar-refractivity contribution in [3.05, 3.63) is 11.8 Å². The highest BCUT2D eigenvalue weighted by molar-refractivity contribution is 5.79. The second-order valence-electron chi connectivity index (χ2n) is 4.83. The number of carbonyl (C=O) groups is 1. The number of hydrogen-bond acceptors (Lipinski definition) is 5. The van der Waals surface area contributed by atoms with E-state index in [1.807, 2.05) is 11.8 Å². The lowest BCUT2D eigenvalue weighted by Gasteiger charge is -2.33. The SMILES string of the molecule is CCCC1(C(=O)O)CCCN1Cc1nnc(C)o1. The van der Waals surface area contributed by atoms with Crippen molar-refractivity contribution in [3.63, 3.8) is 0 Å². The van der Waals surface area contributed by atoms with Gasteiger partial charge in [0, 0.05) is 6.92 Å². The number of aromatic nitrogens is 2. The molecule has 1 unspecified atom stereocenters. The average molecular weight is 253 g/mol. The molecule has 0 saturated carbocycles. The zero-order valence-corrected chi connectivity index (χ0v) is 10.8. The minimum absolute atomic E-state index is 0.424. The van der Waals surface area contributed by atoms with Gasteiger partial charge in [0.1, 0.15) is 5.54 Å². The monoisotopic (exact) mass is 253 g/mol. The van der Waals surface area contributed by atoms with Crippen molar-refractivity contribution in [2.24, 2.45) is 0 Å². The van der Waals surface area contributed by atoms with Gasteiger partial charge in [-0.25, -0.2) is 0 Å². The number of carboxylic acids is 1. The lowest BCUT2D eigenvalue weighted by molar-refractivity contribution is -0.150. The topological polar surface area (TPSA) is 79.5 Å². The summed E-state index contributed by atoms with van der Waals surface area (Å²) in [6, 6.07) is 0. The van der Waals surface area contributed by atoms with E-state index in [4.69, 9.17) is 4.42 Å². The van der Waals surface area contributed by atoms with Crippen molar-refractivity contribution in [2.45, 2.75) is 51.6 Å². The summed E-state index contributed by atoms with van der Waals surface area (Å²) in [5.74, 6) is 0.273. The van der Waals surface area contributed by atoms with Crippen LogP contribution in [0.2, 0.25) is 0 Å². The highest BCUT2D eigenvalue weighted by atomic mass is 16.4. The normalized spacial score (nSPS) is 24.6. The van der Waals surface area contributed by atoms with Crippen molar-refractivity contribution < 1.29 is 14.3 Å². The Labute approximate surface area is 106 Å². The number of rotatable bonds is 5. The fourth-order valence-electron chi connectivity index (χ4n) is 2.78. The first kappa shape index (κ1) is 13.0. The minimum atomic E-state index is -0.753. The van der Waals surface area contributed by atoms with Gasteiger partial charge in [-0.1, -0.05) is 13.3 Å². The quantitative estimate of drug-likeness (QED) is 0.858. The van der Waals surface area contributed by atoms with Crippen LogP contribution in [0.4, 0.5) is 0 Å². The molecule has 1 aromatic rings. The molecule has 0 amide bonds. The molecule has 0 aliphatic carbocycles. The summed E-state index contributed by atoms with van der Waals surface area (Å²) < 4.78 is 5.34. The highest BCUT2D eigenvalue weighted by Crippen LogP contribution is 2.35. The average Bonchev–Trinajstić information content (AvgIpc) is 2.88. The Kier molecular flexibility index (Phi) is 3.65. The van der Waals surface area contributed by atoms with Crippen LogP contribution >= 0.6 is 0 Å². The predicted octanol–water partition coefficient (Wildman–Crippen LogP) is 1.60. The van der Waals surface area contributed by atoms with Gasteiger partial charge in [-0.15, -0.1) is 10.2 Å². The maximum atomic E-state index is 11.6. The van der Waals surface area contributed by atoms with E-state index in [1.165, 1.54) is 0 Å². The fraction of sp³-hybridized carbons (Fsp3) is 0.750. The standard InChI is InChI=1S/C12H19N3O3/c1-3-5-12(11(16)17)6-4-7-15(12)8-10-14-13-9(2)18-10/h3-8H2,1-2H3,(H,16,17). The second-order valence-corrected chi connectivity index (χ2v) is 4.83. The zero-order valence-electron chi connectivity index (χ0n) is 10.8. The summed E-state index contributed by atoms with van der Waals surface area (Å²) in [7, 11) is 0. The molecule has 1 fully saturated rings. The molecule has 0 radical (unpaired) electrons. The molecule has 1 aromatic heterocycles. The second kappa shape index (κ2) is 5.06.